The minimum atomic E-state index is -4.44. The average Bonchev–Trinajstić information content (AvgIpc) is 3.35. The minimum absolute atomic E-state index is 0.0443. The zero-order valence-corrected chi connectivity index (χ0v) is 25.2. The Bertz CT molecular complexity index is 1470. The number of aromatic nitrogens is 1. The third-order valence-corrected chi connectivity index (χ3v) is 7.88. The molecule has 0 unspecified atom stereocenters. The molecule has 1 fully saturated rings. The number of amides is 1. The second kappa shape index (κ2) is 15.2. The molecule has 1 aliphatic carbocycles. The molecule has 3 N–H and O–H groups in total. The molecule has 3 aromatic rings. The van der Waals surface area contributed by atoms with E-state index >= 15 is 0 Å². The van der Waals surface area contributed by atoms with Crippen LogP contribution in [0, 0.1) is 11.8 Å². The third kappa shape index (κ3) is 8.57. The molecule has 1 heterocycles. The van der Waals surface area contributed by atoms with Gasteiger partial charge in [-0.1, -0.05) is 12.0 Å². The van der Waals surface area contributed by atoms with Gasteiger partial charge in [-0.3, -0.25) is 4.79 Å². The Hall–Kier alpha value is -3.95. The molecule has 238 valence electrons. The van der Waals surface area contributed by atoms with Gasteiger partial charge in [0.15, 0.2) is 0 Å². The molecule has 1 aromatic heterocycles. The number of methoxy groups -OCH3 is 1. The van der Waals surface area contributed by atoms with Gasteiger partial charge in [0.1, 0.15) is 12.3 Å². The van der Waals surface area contributed by atoms with Gasteiger partial charge in [-0.25, -0.2) is 4.39 Å². The number of benzene rings is 2. The Labute approximate surface area is 255 Å². The number of carbonyl (C=O) groups excluding carboxylic acids is 1. The first kappa shape index (κ1) is 33.0. The fraction of sp³-hybridized carbons (Fsp3) is 0.469. The molecule has 0 aliphatic heterocycles. The second-order valence-corrected chi connectivity index (χ2v) is 10.8. The van der Waals surface area contributed by atoms with E-state index in [2.05, 4.69) is 39.7 Å². The van der Waals surface area contributed by atoms with Crippen LogP contribution in [0.25, 0.3) is 10.9 Å². The summed E-state index contributed by atoms with van der Waals surface area (Å²) in [6, 6.07) is 12.2. The number of likely N-dealkylation sites (N-methyl/N-ethyl adjacent to an activating group) is 1. The monoisotopic (exact) mass is 617 g/mol. The average molecular weight is 618 g/mol. The largest absolute Gasteiger partial charge is 0.461 e. The van der Waals surface area contributed by atoms with Gasteiger partial charge in [0.25, 0.3) is 5.91 Å². The number of nitrogens with zero attached hydrogens (tertiary/aromatic N) is 2. The Kier molecular flexibility index (Phi) is 11.4. The molecule has 0 spiro atoms. The van der Waals surface area contributed by atoms with Gasteiger partial charge in [0, 0.05) is 49.4 Å². The molecule has 44 heavy (non-hydrogen) atoms. The van der Waals surface area contributed by atoms with Gasteiger partial charge in [-0.2, -0.15) is 13.2 Å². The molecule has 0 saturated heterocycles. The highest BCUT2D eigenvalue weighted by molar-refractivity contribution is 5.95. The van der Waals surface area contributed by atoms with Crippen molar-refractivity contribution in [3.63, 3.8) is 0 Å². The lowest BCUT2D eigenvalue weighted by atomic mass is 9.90. The van der Waals surface area contributed by atoms with E-state index in [9.17, 15) is 22.4 Å². The highest BCUT2D eigenvalue weighted by atomic mass is 19.4. The topological polar surface area (TPSA) is 79.8 Å². The molecule has 1 saturated carbocycles. The van der Waals surface area contributed by atoms with Crippen molar-refractivity contribution in [1.29, 1.82) is 0 Å². The molecule has 0 bridgehead atoms. The lowest BCUT2D eigenvalue weighted by molar-refractivity contribution is -0.140. The molecular formula is C32H39F4N5O3. The Balaban J connectivity index is 1.52. The maximum Gasteiger partial charge on any atom is 0.406 e. The van der Waals surface area contributed by atoms with Crippen molar-refractivity contribution in [2.75, 3.05) is 58.4 Å². The number of ether oxygens (including phenoxy) is 2. The molecule has 12 heteroatoms. The first-order valence-electron chi connectivity index (χ1n) is 14.6. The van der Waals surface area contributed by atoms with Gasteiger partial charge in [0.05, 0.1) is 30.0 Å². The number of rotatable bonds is 12. The van der Waals surface area contributed by atoms with E-state index < -0.39 is 19.6 Å². The van der Waals surface area contributed by atoms with Crippen LogP contribution in [0.1, 0.15) is 41.7 Å². The van der Waals surface area contributed by atoms with Crippen molar-refractivity contribution in [2.45, 2.75) is 50.5 Å². The SMILES string of the molecule is CNC(=O)c1ccc(NCC#Cc2cc3c(NC4CCC(N(C)CCOC)CC4)cccc3n2CC(F)(F)F)c(OCF)c1. The molecular weight excluding hydrogens is 578 g/mol. The first-order chi connectivity index (χ1) is 21.1. The number of halogens is 4. The number of alkyl halides is 4. The predicted octanol–water partition coefficient (Wildman–Crippen LogP) is 5.63. The normalized spacial score (nSPS) is 16.8. The summed E-state index contributed by atoms with van der Waals surface area (Å²) in [5.74, 6) is 5.52. The zero-order chi connectivity index (χ0) is 31.7. The van der Waals surface area contributed by atoms with Crippen molar-refractivity contribution in [2.24, 2.45) is 0 Å². The first-order valence-corrected chi connectivity index (χ1v) is 14.6. The van der Waals surface area contributed by atoms with Crippen LogP contribution in [0.5, 0.6) is 5.75 Å². The summed E-state index contributed by atoms with van der Waals surface area (Å²) < 4.78 is 65.3. The van der Waals surface area contributed by atoms with Crippen molar-refractivity contribution >= 4 is 28.2 Å². The summed E-state index contributed by atoms with van der Waals surface area (Å²) in [6.07, 6.45) is -0.475. The fourth-order valence-electron chi connectivity index (χ4n) is 5.57. The molecule has 1 aliphatic rings. The van der Waals surface area contributed by atoms with E-state index in [1.807, 2.05) is 6.07 Å². The van der Waals surface area contributed by atoms with Crippen LogP contribution >= 0.6 is 0 Å². The standard InChI is InChI=1S/C32H39F4N5O3/c1-37-31(42)22-9-14-28(30(18-22)44-21-33)38-15-5-6-25-19-26-27(7-4-8-29(26)41(25)20-32(34,35)36)39-23-10-12-24(13-11-23)40(2)16-17-43-3/h4,7-9,14,18-19,23-24,38-39H,10-13,15-17,20-21H2,1-3H3,(H,37,42). The van der Waals surface area contributed by atoms with Crippen molar-refractivity contribution in [3.8, 4) is 17.6 Å². The van der Waals surface area contributed by atoms with Crippen LogP contribution in [0.15, 0.2) is 42.5 Å². The van der Waals surface area contributed by atoms with Crippen LogP contribution < -0.4 is 20.7 Å². The maximum absolute atomic E-state index is 13.6. The van der Waals surface area contributed by atoms with E-state index in [0.717, 1.165) is 37.9 Å². The summed E-state index contributed by atoms with van der Waals surface area (Å²) in [7, 11) is 5.29. The maximum atomic E-state index is 13.6. The Morgan fingerprint density at radius 3 is 2.57 bits per heavy atom. The van der Waals surface area contributed by atoms with Gasteiger partial charge < -0.3 is 34.9 Å². The van der Waals surface area contributed by atoms with E-state index in [4.69, 9.17) is 9.47 Å². The highest BCUT2D eigenvalue weighted by Gasteiger charge is 2.30. The summed E-state index contributed by atoms with van der Waals surface area (Å²) in [4.78, 5) is 14.2. The summed E-state index contributed by atoms with van der Waals surface area (Å²) in [6.45, 7) is -0.665. The van der Waals surface area contributed by atoms with Gasteiger partial charge in [-0.15, -0.1) is 0 Å². The smallest absolute Gasteiger partial charge is 0.406 e. The quantitative estimate of drug-likeness (QED) is 0.181. The van der Waals surface area contributed by atoms with E-state index in [1.165, 1.54) is 17.7 Å². The van der Waals surface area contributed by atoms with Gasteiger partial charge >= 0.3 is 6.18 Å². The van der Waals surface area contributed by atoms with Crippen LogP contribution in [-0.2, 0) is 11.3 Å². The van der Waals surface area contributed by atoms with Crippen molar-refractivity contribution in [1.82, 2.24) is 14.8 Å². The molecule has 1 amide bonds. The number of hydrogen-bond donors (Lipinski definition) is 3. The Morgan fingerprint density at radius 1 is 1.11 bits per heavy atom. The highest BCUT2D eigenvalue weighted by Crippen LogP contribution is 2.33. The lowest BCUT2D eigenvalue weighted by Gasteiger charge is -2.35. The fourth-order valence-corrected chi connectivity index (χ4v) is 5.57. The van der Waals surface area contributed by atoms with E-state index in [0.29, 0.717) is 29.2 Å². The molecule has 0 radical (unpaired) electrons. The van der Waals surface area contributed by atoms with Crippen molar-refractivity contribution < 1.29 is 31.8 Å². The molecule has 8 nitrogen and oxygen atoms in total. The van der Waals surface area contributed by atoms with E-state index in [1.54, 1.807) is 37.4 Å². The second-order valence-electron chi connectivity index (χ2n) is 10.8. The van der Waals surface area contributed by atoms with Crippen LogP contribution in [0.4, 0.5) is 28.9 Å². The number of fused-ring (bicyclic) bond motifs is 1. The number of hydrogen-bond acceptors (Lipinski definition) is 6. The Morgan fingerprint density at radius 2 is 1.89 bits per heavy atom. The minimum Gasteiger partial charge on any atom is -0.461 e. The zero-order valence-electron chi connectivity index (χ0n) is 25.2. The number of nitrogens with one attached hydrogen (secondary N) is 3. The third-order valence-electron chi connectivity index (χ3n) is 7.88. The van der Waals surface area contributed by atoms with Gasteiger partial charge in [-0.05, 0) is 75.0 Å². The van der Waals surface area contributed by atoms with Crippen LogP contribution in [0.3, 0.4) is 0 Å². The molecule has 0 atom stereocenters. The van der Waals surface area contributed by atoms with Crippen molar-refractivity contribution in [3.05, 3.63) is 53.7 Å². The van der Waals surface area contributed by atoms with Crippen LogP contribution in [0.2, 0.25) is 0 Å². The summed E-state index contributed by atoms with van der Waals surface area (Å²) >= 11 is 0. The summed E-state index contributed by atoms with van der Waals surface area (Å²) in [5, 5.41) is 9.74. The lowest BCUT2D eigenvalue weighted by Crippen LogP contribution is -2.39. The summed E-state index contributed by atoms with van der Waals surface area (Å²) in [5.41, 5.74) is 2.14. The van der Waals surface area contributed by atoms with Gasteiger partial charge in [0.2, 0.25) is 6.86 Å². The number of carbonyl (C=O) groups is 1. The van der Waals surface area contributed by atoms with E-state index in [-0.39, 0.29) is 35.5 Å². The van der Waals surface area contributed by atoms with Crippen LogP contribution in [-0.4, -0.2) is 81.4 Å². The molecule has 2 aromatic carbocycles. The molecule has 4 rings (SSSR count). The predicted molar refractivity (Wildman–Crippen MR) is 164 cm³/mol. The number of anilines is 2.